The van der Waals surface area contributed by atoms with E-state index >= 15 is 4.39 Å². The van der Waals surface area contributed by atoms with Crippen LogP contribution >= 0.6 is 0 Å². The molecule has 0 spiro atoms. The lowest BCUT2D eigenvalue weighted by atomic mass is 9.61. The summed E-state index contributed by atoms with van der Waals surface area (Å²) in [4.78, 5) is 66.0. The number of aryl methyl sites for hydroxylation is 1. The van der Waals surface area contributed by atoms with Crippen molar-refractivity contribution in [2.24, 2.45) is 29.1 Å². The van der Waals surface area contributed by atoms with Crippen molar-refractivity contribution >= 4 is 23.6 Å². The number of pyridine rings is 1. The number of unbranched alkanes of at least 4 members (excludes halogenated alkanes) is 1. The Morgan fingerprint density at radius 1 is 1.04 bits per heavy atom. The Labute approximate surface area is 302 Å². The van der Waals surface area contributed by atoms with E-state index in [1.54, 1.807) is 51.3 Å². The average molecular weight is 713 g/mol. The van der Waals surface area contributed by atoms with Crippen LogP contribution in [0.5, 0.6) is 0 Å². The van der Waals surface area contributed by atoms with Crippen molar-refractivity contribution in [1.82, 2.24) is 19.4 Å². The van der Waals surface area contributed by atoms with Crippen LogP contribution in [-0.2, 0) is 35.1 Å². The van der Waals surface area contributed by atoms with Crippen LogP contribution in [0.25, 0.3) is 11.3 Å². The Kier molecular flexibility index (Phi) is 11.9. The minimum absolute atomic E-state index is 0.112. The molecule has 2 aliphatic rings. The first-order valence-electron chi connectivity index (χ1n) is 18.2. The van der Waals surface area contributed by atoms with Crippen molar-refractivity contribution in [3.05, 3.63) is 37.1 Å². The molecule has 1 amide bonds. The summed E-state index contributed by atoms with van der Waals surface area (Å²) in [6, 6.07) is 2.96. The normalized spacial score (nSPS) is 34.2. The number of carbonyl (C=O) groups excluding carboxylic acids is 4. The van der Waals surface area contributed by atoms with Gasteiger partial charge in [0.25, 0.3) is 5.67 Å². The first kappa shape index (κ1) is 40.1. The molecule has 0 radical (unpaired) electrons. The second kappa shape index (κ2) is 15.1. The van der Waals surface area contributed by atoms with Gasteiger partial charge >= 0.3 is 12.1 Å². The van der Waals surface area contributed by atoms with Crippen molar-refractivity contribution in [2.45, 2.75) is 130 Å². The first-order chi connectivity index (χ1) is 23.7. The zero-order valence-corrected chi connectivity index (χ0v) is 32.2. The number of esters is 1. The number of hydrogen-bond acceptors (Lipinski definition) is 9. The predicted octanol–water partition coefficient (Wildman–Crippen LogP) is 6.87. The number of ketones is 2. The quantitative estimate of drug-likeness (QED) is 0.164. The van der Waals surface area contributed by atoms with Crippen molar-refractivity contribution < 1.29 is 37.8 Å². The minimum atomic E-state index is -2.99. The highest BCUT2D eigenvalue weighted by molar-refractivity contribution is 6.07. The summed E-state index contributed by atoms with van der Waals surface area (Å²) in [5, 5.41) is 0. The van der Waals surface area contributed by atoms with Gasteiger partial charge in [-0.3, -0.25) is 14.6 Å². The number of aromatic nitrogens is 3. The van der Waals surface area contributed by atoms with Gasteiger partial charge in [-0.15, -0.1) is 0 Å². The van der Waals surface area contributed by atoms with Crippen LogP contribution in [0.1, 0.15) is 94.9 Å². The summed E-state index contributed by atoms with van der Waals surface area (Å²) in [5.41, 5.74) is -4.40. The van der Waals surface area contributed by atoms with Crippen LogP contribution in [0.2, 0.25) is 0 Å². The highest BCUT2D eigenvalue weighted by Crippen LogP contribution is 2.48. The summed E-state index contributed by atoms with van der Waals surface area (Å²) in [5.74, 6) is -5.22. The maximum atomic E-state index is 16.5. The molecule has 9 atom stereocenters. The van der Waals surface area contributed by atoms with Gasteiger partial charge < -0.3 is 23.7 Å². The Balaban J connectivity index is 1.67. The van der Waals surface area contributed by atoms with E-state index in [2.05, 4.69) is 9.97 Å². The molecule has 12 heteroatoms. The summed E-state index contributed by atoms with van der Waals surface area (Å²) < 4.78 is 36.5. The third-order valence-corrected chi connectivity index (χ3v) is 11.3. The molecule has 11 nitrogen and oxygen atoms in total. The third kappa shape index (κ3) is 7.90. The van der Waals surface area contributed by atoms with Gasteiger partial charge in [0.05, 0.1) is 23.7 Å². The maximum absolute atomic E-state index is 16.5. The molecule has 2 fully saturated rings. The summed E-state index contributed by atoms with van der Waals surface area (Å²) in [6.07, 6.45) is 7.06. The van der Waals surface area contributed by atoms with Crippen LogP contribution in [0.15, 0.2) is 37.1 Å². The Morgan fingerprint density at radius 3 is 2.29 bits per heavy atom. The van der Waals surface area contributed by atoms with E-state index in [9.17, 15) is 19.2 Å². The molecule has 282 valence electrons. The fourth-order valence-electron chi connectivity index (χ4n) is 9.08. The number of Topliss-reactive ketones (excluding diaryl/α,β-unsaturated/α-hetero) is 2. The van der Waals surface area contributed by atoms with E-state index in [1.807, 2.05) is 57.5 Å². The van der Waals surface area contributed by atoms with E-state index in [4.69, 9.17) is 14.2 Å². The summed E-state index contributed by atoms with van der Waals surface area (Å²) in [7, 11) is 1.53. The zero-order chi connectivity index (χ0) is 38.1. The molecule has 4 heterocycles. The largest absolute Gasteiger partial charge is 0.455 e. The van der Waals surface area contributed by atoms with Gasteiger partial charge in [-0.25, -0.2) is 19.0 Å². The van der Waals surface area contributed by atoms with Crippen molar-refractivity contribution in [2.75, 3.05) is 13.7 Å². The van der Waals surface area contributed by atoms with Crippen LogP contribution in [-0.4, -0.2) is 85.7 Å². The van der Waals surface area contributed by atoms with E-state index in [0.717, 1.165) is 18.2 Å². The molecule has 0 bridgehead atoms. The molecule has 0 N–H and O–H groups in total. The van der Waals surface area contributed by atoms with E-state index < -0.39 is 75.9 Å². The van der Waals surface area contributed by atoms with Gasteiger partial charge in [0.2, 0.25) is 0 Å². The Hall–Kier alpha value is -3.67. The highest BCUT2D eigenvalue weighted by Gasteiger charge is 2.61. The molecular weight excluding hydrogens is 655 g/mol. The summed E-state index contributed by atoms with van der Waals surface area (Å²) in [6.45, 7) is 18.1. The van der Waals surface area contributed by atoms with Crippen LogP contribution in [0, 0.1) is 29.1 Å². The number of methoxy groups -OCH3 is 1. The van der Waals surface area contributed by atoms with E-state index in [1.165, 1.54) is 7.11 Å². The van der Waals surface area contributed by atoms with Crippen LogP contribution in [0.3, 0.4) is 0 Å². The van der Waals surface area contributed by atoms with Gasteiger partial charge in [-0.2, -0.15) is 0 Å². The lowest BCUT2D eigenvalue weighted by Gasteiger charge is -2.49. The molecule has 51 heavy (non-hydrogen) atoms. The number of amides is 1. The Bertz CT molecular complexity index is 1570. The molecule has 2 saturated heterocycles. The SMILES string of the molecule is CC[C@H]1OC(=O)[C@@](C)(F)C(=O)[C@H](C)[C@@H](C(C)(C)C)[C@](C)(OC)C[C@@H](C)C(=O)[C@H](C)[C@H]2N(CCCCn3cnc(-c4cccnc4)c3)C(=O)O[C@]12C. The molecule has 0 unspecified atom stereocenters. The number of ether oxygens (including phenoxy) is 3. The molecule has 2 aliphatic heterocycles. The monoisotopic (exact) mass is 712 g/mol. The molecule has 0 saturated carbocycles. The number of rotatable bonds is 8. The molecule has 4 rings (SSSR count). The fraction of sp³-hybridized carbons (Fsp3) is 0.692. The number of nitrogens with zero attached hydrogens (tertiary/aromatic N) is 4. The number of fused-ring (bicyclic) bond motifs is 1. The molecule has 0 aliphatic carbocycles. The Morgan fingerprint density at radius 2 is 1.71 bits per heavy atom. The topological polar surface area (TPSA) is 130 Å². The van der Waals surface area contributed by atoms with Crippen LogP contribution in [0.4, 0.5) is 9.18 Å². The van der Waals surface area contributed by atoms with Gasteiger partial charge in [0.15, 0.2) is 11.4 Å². The number of imidazole rings is 1. The molecule has 2 aromatic rings. The van der Waals surface area contributed by atoms with Gasteiger partial charge in [0.1, 0.15) is 11.9 Å². The first-order valence-corrected chi connectivity index (χ1v) is 18.2. The lowest BCUT2D eigenvalue weighted by molar-refractivity contribution is -0.183. The number of cyclic esters (lactones) is 1. The van der Waals surface area contributed by atoms with Gasteiger partial charge in [-0.05, 0) is 64.0 Å². The van der Waals surface area contributed by atoms with Crippen LogP contribution < -0.4 is 0 Å². The second-order valence-electron chi connectivity index (χ2n) is 16.3. The lowest BCUT2D eigenvalue weighted by Crippen LogP contribution is -2.60. The zero-order valence-electron chi connectivity index (χ0n) is 32.2. The maximum Gasteiger partial charge on any atom is 0.410 e. The number of alkyl halides is 1. The highest BCUT2D eigenvalue weighted by atomic mass is 19.1. The van der Waals surface area contributed by atoms with Crippen molar-refractivity contribution in [3.8, 4) is 11.3 Å². The van der Waals surface area contributed by atoms with Crippen molar-refractivity contribution in [1.29, 1.82) is 0 Å². The summed E-state index contributed by atoms with van der Waals surface area (Å²) >= 11 is 0. The van der Waals surface area contributed by atoms with E-state index in [-0.39, 0.29) is 25.2 Å². The fourth-order valence-corrected chi connectivity index (χ4v) is 9.08. The van der Waals surface area contributed by atoms with E-state index in [0.29, 0.717) is 19.4 Å². The number of halogens is 1. The number of hydrogen-bond donors (Lipinski definition) is 0. The van der Waals surface area contributed by atoms with Gasteiger partial charge in [-0.1, -0.05) is 48.5 Å². The smallest absolute Gasteiger partial charge is 0.410 e. The molecule has 2 aromatic heterocycles. The van der Waals surface area contributed by atoms with Crippen molar-refractivity contribution in [3.63, 3.8) is 0 Å². The molecule has 0 aromatic carbocycles. The minimum Gasteiger partial charge on any atom is -0.455 e. The van der Waals surface area contributed by atoms with Gasteiger partial charge in [0, 0.05) is 68.0 Å². The second-order valence-corrected chi connectivity index (χ2v) is 16.3. The predicted molar refractivity (Wildman–Crippen MR) is 190 cm³/mol. The standard InChI is InChI=1S/C39H57FN4O7/c1-12-29-39(10)32(44(35(48)51-39)19-14-13-18-43-22-28(42-23-43)27-16-15-17-41-21-27)25(3)30(45)24(2)20-37(8,49-11)31(36(5,6)7)26(4)33(46)38(9,40)34(47)50-29/h15-17,21-26,29,31-32H,12-14,18-20H2,1-11H3/t24-,25+,26-,29-,31+,32-,37-,38+,39-/m1/s1. The molecular formula is C39H57FN4O7. The number of carbonyl (C=O) groups is 4. The third-order valence-electron chi connectivity index (χ3n) is 11.3. The average Bonchev–Trinajstić information content (AvgIpc) is 3.65.